The Labute approximate surface area is 130 Å². The van der Waals surface area contributed by atoms with Gasteiger partial charge in [0.15, 0.2) is 0 Å². The fraction of sp³-hybridized carbons (Fsp3) is 1.00. The molecule has 19 heavy (non-hydrogen) atoms. The van der Waals surface area contributed by atoms with Crippen LogP contribution in [0.15, 0.2) is 0 Å². The van der Waals surface area contributed by atoms with Crippen LogP contribution in [0.5, 0.6) is 0 Å². The average molecular weight is 449 g/mol. The molecule has 0 aromatic carbocycles. The standard InChI is InChI=1S/C12H27NO5.W/c13-3-7-17-11-9-15-5-1-2-6-16-10-12-18-8-4-14;/h14H,1-13H2;. The third kappa shape index (κ3) is 20.9. The summed E-state index contributed by atoms with van der Waals surface area (Å²) in [7, 11) is 0. The van der Waals surface area contributed by atoms with Crippen LogP contribution in [-0.2, 0) is 40.0 Å². The van der Waals surface area contributed by atoms with Crippen molar-refractivity contribution in [3.8, 4) is 0 Å². The molecule has 0 aromatic rings. The first kappa shape index (κ1) is 21.7. The van der Waals surface area contributed by atoms with Gasteiger partial charge in [-0.15, -0.1) is 0 Å². The van der Waals surface area contributed by atoms with E-state index in [9.17, 15) is 0 Å². The van der Waals surface area contributed by atoms with E-state index in [1.165, 1.54) is 0 Å². The van der Waals surface area contributed by atoms with Gasteiger partial charge in [-0.3, -0.25) is 0 Å². The van der Waals surface area contributed by atoms with Crippen LogP contribution in [0.1, 0.15) is 12.8 Å². The van der Waals surface area contributed by atoms with Crippen LogP contribution >= 0.6 is 0 Å². The fourth-order valence-electron chi connectivity index (χ4n) is 1.20. The summed E-state index contributed by atoms with van der Waals surface area (Å²) < 4.78 is 20.9. The first-order valence-electron chi connectivity index (χ1n) is 6.53. The van der Waals surface area contributed by atoms with E-state index in [0.29, 0.717) is 46.2 Å². The van der Waals surface area contributed by atoms with Gasteiger partial charge in [-0.1, -0.05) is 0 Å². The van der Waals surface area contributed by atoms with Crippen molar-refractivity contribution in [2.75, 3.05) is 66.0 Å². The fourth-order valence-corrected chi connectivity index (χ4v) is 1.20. The smallest absolute Gasteiger partial charge is 0.0701 e. The van der Waals surface area contributed by atoms with E-state index >= 15 is 0 Å². The summed E-state index contributed by atoms with van der Waals surface area (Å²) in [6.07, 6.45) is 1.96. The molecule has 0 amide bonds. The largest absolute Gasteiger partial charge is 0.394 e. The summed E-state index contributed by atoms with van der Waals surface area (Å²) in [6.45, 7) is 5.38. The van der Waals surface area contributed by atoms with Gasteiger partial charge in [0.05, 0.1) is 46.2 Å². The molecule has 0 bridgehead atoms. The van der Waals surface area contributed by atoms with Gasteiger partial charge in [-0.2, -0.15) is 0 Å². The molecule has 0 saturated carbocycles. The maximum Gasteiger partial charge on any atom is 0.0701 e. The minimum atomic E-state index is 0. The second kappa shape index (κ2) is 20.8. The summed E-state index contributed by atoms with van der Waals surface area (Å²) in [5.74, 6) is 0. The van der Waals surface area contributed by atoms with Crippen LogP contribution in [0.4, 0.5) is 0 Å². The number of aliphatic hydroxyl groups is 1. The Morgan fingerprint density at radius 2 is 1.05 bits per heavy atom. The Kier molecular flexibility index (Phi) is 23.8. The van der Waals surface area contributed by atoms with Gasteiger partial charge < -0.3 is 29.8 Å². The molecule has 0 atom stereocenters. The third-order valence-electron chi connectivity index (χ3n) is 2.07. The van der Waals surface area contributed by atoms with Gasteiger partial charge in [0.2, 0.25) is 0 Å². The predicted octanol–water partition coefficient (Wildman–Crippen LogP) is -0.218. The van der Waals surface area contributed by atoms with E-state index in [0.717, 1.165) is 26.1 Å². The van der Waals surface area contributed by atoms with Gasteiger partial charge >= 0.3 is 0 Å². The molecule has 0 aliphatic heterocycles. The van der Waals surface area contributed by atoms with E-state index in [1.54, 1.807) is 0 Å². The summed E-state index contributed by atoms with van der Waals surface area (Å²) in [5.41, 5.74) is 5.27. The van der Waals surface area contributed by atoms with Crippen molar-refractivity contribution in [2.24, 2.45) is 5.73 Å². The second-order valence-corrected chi connectivity index (χ2v) is 3.67. The van der Waals surface area contributed by atoms with Gasteiger partial charge in [-0.25, -0.2) is 0 Å². The van der Waals surface area contributed by atoms with Crippen LogP contribution in [0.25, 0.3) is 0 Å². The van der Waals surface area contributed by atoms with Gasteiger partial charge in [0, 0.05) is 40.8 Å². The van der Waals surface area contributed by atoms with Gasteiger partial charge in [-0.05, 0) is 12.8 Å². The molecule has 0 unspecified atom stereocenters. The Bertz CT molecular complexity index is 138. The molecule has 7 heteroatoms. The SMILES string of the molecule is NCCOCCOCCCCOCCOCCO.[W]. The molecule has 0 spiro atoms. The number of rotatable bonds is 15. The Morgan fingerprint density at radius 3 is 1.47 bits per heavy atom. The predicted molar refractivity (Wildman–Crippen MR) is 68.7 cm³/mol. The van der Waals surface area contributed by atoms with Crippen LogP contribution in [-0.4, -0.2) is 71.1 Å². The zero-order valence-corrected chi connectivity index (χ0v) is 14.5. The molecular formula is C12H27NO5W. The summed E-state index contributed by atoms with van der Waals surface area (Å²) in [4.78, 5) is 0. The van der Waals surface area contributed by atoms with Crippen molar-refractivity contribution in [3.05, 3.63) is 0 Å². The number of ether oxygens (including phenoxy) is 4. The first-order chi connectivity index (χ1) is 8.91. The topological polar surface area (TPSA) is 83.2 Å². The first-order valence-corrected chi connectivity index (χ1v) is 6.53. The molecule has 0 heterocycles. The molecule has 0 saturated heterocycles. The molecule has 3 N–H and O–H groups in total. The average Bonchev–Trinajstić information content (AvgIpc) is 2.39. The molecule has 0 fully saturated rings. The number of unbranched alkanes of at least 4 members (excludes halogenated alkanes) is 1. The Morgan fingerprint density at radius 1 is 0.632 bits per heavy atom. The van der Waals surface area contributed by atoms with E-state index < -0.39 is 0 Å². The maximum atomic E-state index is 8.46. The van der Waals surface area contributed by atoms with Crippen molar-refractivity contribution >= 4 is 0 Å². The van der Waals surface area contributed by atoms with Crippen molar-refractivity contribution in [3.63, 3.8) is 0 Å². The van der Waals surface area contributed by atoms with Crippen LogP contribution in [0.3, 0.4) is 0 Å². The maximum absolute atomic E-state index is 8.46. The molecule has 6 nitrogen and oxygen atoms in total. The quantitative estimate of drug-likeness (QED) is 0.337. The summed E-state index contributed by atoms with van der Waals surface area (Å²) in [5, 5.41) is 8.46. The molecule has 0 radical (unpaired) electrons. The zero-order valence-electron chi connectivity index (χ0n) is 11.6. The van der Waals surface area contributed by atoms with E-state index in [-0.39, 0.29) is 27.7 Å². The van der Waals surface area contributed by atoms with Crippen molar-refractivity contribution < 1.29 is 45.1 Å². The third-order valence-corrected chi connectivity index (χ3v) is 2.07. The Balaban J connectivity index is 0. The molecule has 0 aliphatic rings. The van der Waals surface area contributed by atoms with Crippen molar-refractivity contribution in [1.29, 1.82) is 0 Å². The number of hydrogen-bond donors (Lipinski definition) is 2. The normalized spacial score (nSPS) is 10.4. The molecule has 116 valence electrons. The van der Waals surface area contributed by atoms with Crippen molar-refractivity contribution in [2.45, 2.75) is 12.8 Å². The minimum Gasteiger partial charge on any atom is -0.394 e. The van der Waals surface area contributed by atoms with Crippen LogP contribution in [0, 0.1) is 0 Å². The van der Waals surface area contributed by atoms with E-state index in [2.05, 4.69) is 0 Å². The minimum absolute atomic E-state index is 0. The number of nitrogens with two attached hydrogens (primary N) is 1. The number of hydrogen-bond acceptors (Lipinski definition) is 6. The molecular weight excluding hydrogens is 422 g/mol. The van der Waals surface area contributed by atoms with Gasteiger partial charge in [0.1, 0.15) is 0 Å². The molecule has 0 rings (SSSR count). The van der Waals surface area contributed by atoms with Gasteiger partial charge in [0.25, 0.3) is 0 Å². The Hall–Kier alpha value is 0.448. The summed E-state index contributed by atoms with van der Waals surface area (Å²) >= 11 is 0. The second-order valence-electron chi connectivity index (χ2n) is 3.67. The van der Waals surface area contributed by atoms with Crippen molar-refractivity contribution in [1.82, 2.24) is 0 Å². The number of aliphatic hydroxyl groups excluding tert-OH is 1. The molecule has 0 aliphatic carbocycles. The molecule has 0 aromatic heterocycles. The monoisotopic (exact) mass is 449 g/mol. The van der Waals surface area contributed by atoms with E-state index in [1.807, 2.05) is 0 Å². The summed E-state index contributed by atoms with van der Waals surface area (Å²) in [6, 6.07) is 0. The van der Waals surface area contributed by atoms with Crippen LogP contribution in [0.2, 0.25) is 0 Å². The van der Waals surface area contributed by atoms with Crippen LogP contribution < -0.4 is 5.73 Å². The zero-order chi connectivity index (χ0) is 13.3. The van der Waals surface area contributed by atoms with E-state index in [4.69, 9.17) is 29.8 Å².